The maximum absolute atomic E-state index is 12.3. The Hall–Kier alpha value is -1.65. The summed E-state index contributed by atoms with van der Waals surface area (Å²) in [6, 6.07) is 14.3. The molecule has 0 aliphatic rings. The van der Waals surface area contributed by atoms with Crippen molar-refractivity contribution in [3.8, 4) is 5.75 Å². The van der Waals surface area contributed by atoms with Crippen LogP contribution in [0.4, 0.5) is 8.78 Å². The van der Waals surface area contributed by atoms with Crippen molar-refractivity contribution in [1.29, 1.82) is 0 Å². The lowest BCUT2D eigenvalue weighted by Crippen LogP contribution is -2.19. The molecule has 2 aromatic carbocycles. The average Bonchev–Trinajstić information content (AvgIpc) is 2.46. The molecular weight excluding hydrogens is 296 g/mol. The fraction of sp³-hybridized carbons (Fsp3) is 0.250. The first-order valence-corrected chi connectivity index (χ1v) is 6.95. The number of benzene rings is 2. The van der Waals surface area contributed by atoms with E-state index in [1.54, 1.807) is 18.2 Å². The van der Waals surface area contributed by atoms with E-state index in [0.717, 1.165) is 5.56 Å². The van der Waals surface area contributed by atoms with Crippen molar-refractivity contribution in [2.45, 2.75) is 26.1 Å². The van der Waals surface area contributed by atoms with Crippen LogP contribution in [-0.4, -0.2) is 6.61 Å². The molecule has 2 aromatic rings. The number of alkyl halides is 2. The lowest BCUT2D eigenvalue weighted by atomic mass is 10.1. The van der Waals surface area contributed by atoms with Crippen molar-refractivity contribution >= 4 is 11.6 Å². The Morgan fingerprint density at radius 1 is 1.10 bits per heavy atom. The van der Waals surface area contributed by atoms with E-state index in [4.69, 9.17) is 11.6 Å². The van der Waals surface area contributed by atoms with E-state index in [0.29, 0.717) is 17.1 Å². The molecule has 2 rings (SSSR count). The van der Waals surface area contributed by atoms with Crippen LogP contribution in [-0.2, 0) is 6.54 Å². The summed E-state index contributed by atoms with van der Waals surface area (Å²) in [5, 5.41) is 3.96. The van der Waals surface area contributed by atoms with Gasteiger partial charge in [0.05, 0.1) is 0 Å². The molecule has 0 aliphatic heterocycles. The van der Waals surface area contributed by atoms with E-state index >= 15 is 0 Å². The zero-order chi connectivity index (χ0) is 15.2. The molecule has 112 valence electrons. The molecule has 0 unspecified atom stereocenters. The first-order valence-electron chi connectivity index (χ1n) is 6.58. The highest BCUT2D eigenvalue weighted by Gasteiger charge is 2.10. The number of para-hydroxylation sites is 1. The van der Waals surface area contributed by atoms with E-state index in [1.165, 1.54) is 6.07 Å². The molecular formula is C16H16ClF2NO. The van der Waals surface area contributed by atoms with E-state index in [1.807, 2.05) is 31.2 Å². The second-order valence-electron chi connectivity index (χ2n) is 4.64. The van der Waals surface area contributed by atoms with Gasteiger partial charge in [0.1, 0.15) is 5.75 Å². The summed E-state index contributed by atoms with van der Waals surface area (Å²) in [5.74, 6) is 0.198. The van der Waals surface area contributed by atoms with Gasteiger partial charge in [0.25, 0.3) is 0 Å². The molecule has 0 aliphatic carbocycles. The fourth-order valence-electron chi connectivity index (χ4n) is 1.99. The third kappa shape index (κ3) is 4.69. The van der Waals surface area contributed by atoms with E-state index in [9.17, 15) is 8.78 Å². The Balaban J connectivity index is 2.01. The number of ether oxygens (including phenoxy) is 1. The van der Waals surface area contributed by atoms with Gasteiger partial charge in [-0.05, 0) is 30.7 Å². The van der Waals surface area contributed by atoms with Crippen molar-refractivity contribution in [3.05, 3.63) is 64.7 Å². The van der Waals surface area contributed by atoms with Gasteiger partial charge >= 0.3 is 6.61 Å². The summed E-state index contributed by atoms with van der Waals surface area (Å²) in [5.41, 5.74) is 1.77. The predicted molar refractivity (Wildman–Crippen MR) is 79.8 cm³/mol. The van der Waals surface area contributed by atoms with Crippen LogP contribution >= 0.6 is 11.6 Å². The fourth-order valence-corrected chi connectivity index (χ4v) is 2.12. The molecule has 0 saturated heterocycles. The average molecular weight is 312 g/mol. The van der Waals surface area contributed by atoms with Crippen LogP contribution in [0, 0.1) is 0 Å². The maximum atomic E-state index is 12.3. The van der Waals surface area contributed by atoms with Gasteiger partial charge in [-0.2, -0.15) is 8.78 Å². The third-order valence-electron chi connectivity index (χ3n) is 3.16. The smallest absolute Gasteiger partial charge is 0.387 e. The molecule has 5 heteroatoms. The zero-order valence-corrected chi connectivity index (χ0v) is 12.3. The molecule has 1 N–H and O–H groups in total. The van der Waals surface area contributed by atoms with Gasteiger partial charge in [-0.1, -0.05) is 41.9 Å². The molecule has 0 spiro atoms. The number of nitrogens with one attached hydrogen (secondary N) is 1. The topological polar surface area (TPSA) is 21.3 Å². The molecule has 2 nitrogen and oxygen atoms in total. The molecule has 0 saturated carbocycles. The highest BCUT2D eigenvalue weighted by Crippen LogP contribution is 2.22. The number of halogens is 3. The summed E-state index contributed by atoms with van der Waals surface area (Å²) in [4.78, 5) is 0. The largest absolute Gasteiger partial charge is 0.434 e. The first kappa shape index (κ1) is 15.7. The molecule has 0 aromatic heterocycles. The first-order chi connectivity index (χ1) is 10.1. The van der Waals surface area contributed by atoms with E-state index < -0.39 is 6.61 Å². The van der Waals surface area contributed by atoms with E-state index in [2.05, 4.69) is 10.1 Å². The second-order valence-corrected chi connectivity index (χ2v) is 5.08. The molecule has 0 amide bonds. The van der Waals surface area contributed by atoms with Gasteiger partial charge in [0.15, 0.2) is 0 Å². The zero-order valence-electron chi connectivity index (χ0n) is 11.5. The Bertz CT molecular complexity index is 575. The van der Waals surface area contributed by atoms with Crippen LogP contribution < -0.4 is 10.1 Å². The lowest BCUT2D eigenvalue weighted by Gasteiger charge is -2.16. The quantitative estimate of drug-likeness (QED) is 0.828. The Morgan fingerprint density at radius 2 is 1.76 bits per heavy atom. The van der Waals surface area contributed by atoms with Crippen LogP contribution in [0.5, 0.6) is 5.75 Å². The summed E-state index contributed by atoms with van der Waals surface area (Å²) in [6.45, 7) is -0.383. The highest BCUT2D eigenvalue weighted by molar-refractivity contribution is 6.30. The van der Waals surface area contributed by atoms with Crippen LogP contribution in [0.25, 0.3) is 0 Å². The molecule has 0 bridgehead atoms. The van der Waals surface area contributed by atoms with E-state index in [-0.39, 0.29) is 11.8 Å². The lowest BCUT2D eigenvalue weighted by molar-refractivity contribution is -0.0505. The van der Waals surface area contributed by atoms with Gasteiger partial charge in [0.2, 0.25) is 0 Å². The predicted octanol–water partition coefficient (Wildman–Crippen LogP) is 4.79. The van der Waals surface area contributed by atoms with Crippen LogP contribution in [0.15, 0.2) is 48.5 Å². The molecule has 21 heavy (non-hydrogen) atoms. The van der Waals surface area contributed by atoms with Gasteiger partial charge in [-0.3, -0.25) is 0 Å². The minimum absolute atomic E-state index is 0.0712. The van der Waals surface area contributed by atoms with Crippen molar-refractivity contribution in [3.63, 3.8) is 0 Å². The maximum Gasteiger partial charge on any atom is 0.387 e. The Morgan fingerprint density at radius 3 is 2.43 bits per heavy atom. The van der Waals surface area contributed by atoms with Crippen LogP contribution in [0.2, 0.25) is 5.02 Å². The highest BCUT2D eigenvalue weighted by atomic mass is 35.5. The molecule has 0 radical (unpaired) electrons. The normalized spacial score (nSPS) is 12.4. The summed E-state index contributed by atoms with van der Waals surface area (Å²) >= 11 is 5.85. The molecule has 1 atom stereocenters. The third-order valence-corrected chi connectivity index (χ3v) is 3.41. The van der Waals surface area contributed by atoms with Crippen molar-refractivity contribution in [2.24, 2.45) is 0 Å². The van der Waals surface area contributed by atoms with Gasteiger partial charge in [0, 0.05) is 23.2 Å². The number of hydrogen-bond donors (Lipinski definition) is 1. The monoisotopic (exact) mass is 311 g/mol. The summed E-state index contributed by atoms with van der Waals surface area (Å²) < 4.78 is 29.2. The van der Waals surface area contributed by atoms with Crippen LogP contribution in [0.1, 0.15) is 24.1 Å². The summed E-state index contributed by atoms with van der Waals surface area (Å²) in [6.07, 6.45) is 0. The second kappa shape index (κ2) is 7.38. The van der Waals surface area contributed by atoms with Crippen LogP contribution in [0.3, 0.4) is 0 Å². The van der Waals surface area contributed by atoms with Crippen molar-refractivity contribution < 1.29 is 13.5 Å². The number of rotatable bonds is 6. The van der Waals surface area contributed by atoms with Crippen molar-refractivity contribution in [1.82, 2.24) is 5.32 Å². The van der Waals surface area contributed by atoms with Crippen molar-refractivity contribution in [2.75, 3.05) is 0 Å². The minimum Gasteiger partial charge on any atom is -0.434 e. The molecule has 0 fully saturated rings. The Labute approximate surface area is 127 Å². The number of hydrogen-bond acceptors (Lipinski definition) is 2. The summed E-state index contributed by atoms with van der Waals surface area (Å²) in [7, 11) is 0. The van der Waals surface area contributed by atoms with Gasteiger partial charge in [-0.15, -0.1) is 0 Å². The van der Waals surface area contributed by atoms with Gasteiger partial charge < -0.3 is 10.1 Å². The van der Waals surface area contributed by atoms with Gasteiger partial charge in [-0.25, -0.2) is 0 Å². The SMILES string of the molecule is C[C@H](NCc1ccccc1OC(F)F)c1ccc(Cl)cc1. The standard InChI is InChI=1S/C16H16ClF2NO/c1-11(12-6-8-14(17)9-7-12)20-10-13-4-2-3-5-15(13)21-16(18)19/h2-9,11,16,20H,10H2,1H3/t11-/m0/s1. The minimum atomic E-state index is -2.82. The molecule has 0 heterocycles. The Kier molecular flexibility index (Phi) is 5.53.